The lowest BCUT2D eigenvalue weighted by Gasteiger charge is -1.90. The zero-order chi connectivity index (χ0) is 6.43. The van der Waals surface area contributed by atoms with Crippen LogP contribution in [0, 0.1) is 17.8 Å². The molecule has 2 rings (SSSR count). The lowest BCUT2D eigenvalue weighted by molar-refractivity contribution is 0.600. The molecule has 0 aliphatic heterocycles. The van der Waals surface area contributed by atoms with E-state index in [1.165, 1.54) is 19.3 Å². The van der Waals surface area contributed by atoms with E-state index >= 15 is 0 Å². The largest absolute Gasteiger partial charge is 0.327 e. The highest BCUT2D eigenvalue weighted by Gasteiger charge is 2.50. The van der Waals surface area contributed by atoms with E-state index in [4.69, 9.17) is 5.73 Å². The van der Waals surface area contributed by atoms with Crippen LogP contribution >= 0.6 is 0 Å². The molecule has 2 aliphatic rings. The van der Waals surface area contributed by atoms with Crippen molar-refractivity contribution in [2.75, 3.05) is 0 Å². The molecule has 0 aromatic heterocycles. The molecule has 9 heavy (non-hydrogen) atoms. The van der Waals surface area contributed by atoms with Crippen LogP contribution < -0.4 is 5.73 Å². The Labute approximate surface area is 56.6 Å². The van der Waals surface area contributed by atoms with Gasteiger partial charge in [0.25, 0.3) is 0 Å². The smallest absolute Gasteiger partial charge is 0.00738 e. The molecule has 52 valence electrons. The van der Waals surface area contributed by atoms with Crippen molar-refractivity contribution < 1.29 is 0 Å². The number of hydrogen-bond donors (Lipinski definition) is 1. The quantitative estimate of drug-likeness (QED) is 0.593. The minimum Gasteiger partial charge on any atom is -0.327 e. The third-order valence-corrected chi connectivity index (χ3v) is 2.94. The predicted molar refractivity (Wildman–Crippen MR) is 38.0 cm³/mol. The van der Waals surface area contributed by atoms with E-state index in [0.717, 1.165) is 17.8 Å². The highest BCUT2D eigenvalue weighted by Crippen LogP contribution is 2.54. The van der Waals surface area contributed by atoms with Gasteiger partial charge in [-0.05, 0) is 30.6 Å². The fourth-order valence-corrected chi connectivity index (χ4v) is 1.99. The van der Waals surface area contributed by atoms with Crippen LogP contribution in [0.5, 0.6) is 0 Å². The molecule has 0 radical (unpaired) electrons. The van der Waals surface area contributed by atoms with Gasteiger partial charge in [-0.1, -0.05) is 13.3 Å². The first-order valence-electron chi connectivity index (χ1n) is 4.08. The lowest BCUT2D eigenvalue weighted by Crippen LogP contribution is -2.03. The Balaban J connectivity index is 1.79. The van der Waals surface area contributed by atoms with E-state index in [2.05, 4.69) is 6.92 Å². The Morgan fingerprint density at radius 2 is 2.00 bits per heavy atom. The molecule has 0 bridgehead atoms. The van der Waals surface area contributed by atoms with Gasteiger partial charge in [-0.25, -0.2) is 0 Å². The van der Waals surface area contributed by atoms with Crippen LogP contribution in [0.25, 0.3) is 0 Å². The summed E-state index contributed by atoms with van der Waals surface area (Å²) >= 11 is 0. The summed E-state index contributed by atoms with van der Waals surface area (Å²) in [6.07, 6.45) is 4.18. The minimum absolute atomic E-state index is 0.589. The number of hydrogen-bond acceptors (Lipinski definition) is 1. The molecule has 4 atom stereocenters. The Morgan fingerprint density at radius 1 is 1.33 bits per heavy atom. The summed E-state index contributed by atoms with van der Waals surface area (Å²) in [4.78, 5) is 0. The standard InChI is InChI=1S/C8H15N/c1-2-5-3-6(5)7-4-8(7)9/h5-8H,2-4,9H2,1H3. The third kappa shape index (κ3) is 0.877. The van der Waals surface area contributed by atoms with Crippen LogP contribution in [0.2, 0.25) is 0 Å². The van der Waals surface area contributed by atoms with E-state index in [1.54, 1.807) is 0 Å². The van der Waals surface area contributed by atoms with Crippen LogP contribution in [-0.2, 0) is 0 Å². The summed E-state index contributed by atoms with van der Waals surface area (Å²) in [7, 11) is 0. The molecule has 2 N–H and O–H groups in total. The van der Waals surface area contributed by atoms with E-state index < -0.39 is 0 Å². The van der Waals surface area contributed by atoms with Crippen LogP contribution in [0.3, 0.4) is 0 Å². The van der Waals surface area contributed by atoms with E-state index in [1.807, 2.05) is 0 Å². The monoisotopic (exact) mass is 125 g/mol. The Bertz CT molecular complexity index is 122. The van der Waals surface area contributed by atoms with Crippen molar-refractivity contribution in [3.63, 3.8) is 0 Å². The molecular weight excluding hydrogens is 110 g/mol. The van der Waals surface area contributed by atoms with Crippen molar-refractivity contribution in [3.8, 4) is 0 Å². The summed E-state index contributed by atoms with van der Waals surface area (Å²) < 4.78 is 0. The fourth-order valence-electron chi connectivity index (χ4n) is 1.99. The summed E-state index contributed by atoms with van der Waals surface area (Å²) in [5.74, 6) is 3.04. The molecule has 2 saturated carbocycles. The second kappa shape index (κ2) is 1.72. The molecule has 0 aromatic rings. The maximum absolute atomic E-state index is 5.72. The first-order chi connectivity index (χ1) is 4.33. The SMILES string of the molecule is CCC1CC1C1CC1N. The maximum Gasteiger partial charge on any atom is 0.00738 e. The number of nitrogens with two attached hydrogens (primary N) is 1. The van der Waals surface area contributed by atoms with Gasteiger partial charge in [0.2, 0.25) is 0 Å². The van der Waals surface area contributed by atoms with E-state index in [-0.39, 0.29) is 0 Å². The van der Waals surface area contributed by atoms with Crippen LogP contribution in [0.1, 0.15) is 26.2 Å². The molecule has 2 aliphatic carbocycles. The Morgan fingerprint density at radius 3 is 2.33 bits per heavy atom. The van der Waals surface area contributed by atoms with E-state index in [9.17, 15) is 0 Å². The molecule has 1 nitrogen and oxygen atoms in total. The molecular formula is C8H15N. The normalized spacial score (nSPS) is 55.3. The first-order valence-corrected chi connectivity index (χ1v) is 4.08. The van der Waals surface area contributed by atoms with Crippen molar-refractivity contribution in [2.24, 2.45) is 23.5 Å². The highest BCUT2D eigenvalue weighted by atomic mass is 14.8. The van der Waals surface area contributed by atoms with Crippen LogP contribution in [0.15, 0.2) is 0 Å². The molecule has 0 heterocycles. The van der Waals surface area contributed by atoms with Gasteiger partial charge in [-0.3, -0.25) is 0 Å². The van der Waals surface area contributed by atoms with Crippen molar-refractivity contribution in [3.05, 3.63) is 0 Å². The third-order valence-electron chi connectivity index (χ3n) is 2.94. The van der Waals surface area contributed by atoms with Crippen molar-refractivity contribution in [2.45, 2.75) is 32.2 Å². The summed E-state index contributed by atoms with van der Waals surface area (Å²) in [5, 5.41) is 0. The number of rotatable bonds is 2. The first kappa shape index (κ1) is 5.72. The minimum atomic E-state index is 0.589. The van der Waals surface area contributed by atoms with Gasteiger partial charge in [0.15, 0.2) is 0 Å². The van der Waals surface area contributed by atoms with E-state index in [0.29, 0.717) is 6.04 Å². The summed E-state index contributed by atoms with van der Waals surface area (Å²) in [6, 6.07) is 0.589. The van der Waals surface area contributed by atoms with Crippen LogP contribution in [-0.4, -0.2) is 6.04 Å². The highest BCUT2D eigenvalue weighted by molar-refractivity contribution is 5.03. The maximum atomic E-state index is 5.72. The zero-order valence-corrected chi connectivity index (χ0v) is 6.01. The zero-order valence-electron chi connectivity index (χ0n) is 6.01. The second-order valence-electron chi connectivity index (χ2n) is 3.63. The topological polar surface area (TPSA) is 26.0 Å². The molecule has 0 amide bonds. The van der Waals surface area contributed by atoms with Gasteiger partial charge in [-0.15, -0.1) is 0 Å². The molecule has 4 unspecified atom stereocenters. The van der Waals surface area contributed by atoms with Gasteiger partial charge in [-0.2, -0.15) is 0 Å². The van der Waals surface area contributed by atoms with Crippen LogP contribution in [0.4, 0.5) is 0 Å². The molecule has 0 aromatic carbocycles. The molecule has 0 saturated heterocycles. The van der Waals surface area contributed by atoms with Gasteiger partial charge >= 0.3 is 0 Å². The molecule has 0 spiro atoms. The second-order valence-corrected chi connectivity index (χ2v) is 3.63. The fraction of sp³-hybridized carbons (Fsp3) is 1.00. The molecule has 1 heteroatoms. The van der Waals surface area contributed by atoms with Gasteiger partial charge < -0.3 is 5.73 Å². The summed E-state index contributed by atoms with van der Waals surface area (Å²) in [6.45, 7) is 2.29. The van der Waals surface area contributed by atoms with Crippen molar-refractivity contribution in [1.82, 2.24) is 0 Å². The summed E-state index contributed by atoms with van der Waals surface area (Å²) in [5.41, 5.74) is 5.72. The van der Waals surface area contributed by atoms with Gasteiger partial charge in [0.05, 0.1) is 0 Å². The Kier molecular flexibility index (Phi) is 1.10. The predicted octanol–water partition coefficient (Wildman–Crippen LogP) is 1.38. The average molecular weight is 125 g/mol. The lowest BCUT2D eigenvalue weighted by atomic mass is 10.2. The van der Waals surface area contributed by atoms with Gasteiger partial charge in [0.1, 0.15) is 0 Å². The van der Waals surface area contributed by atoms with Crippen molar-refractivity contribution >= 4 is 0 Å². The average Bonchev–Trinajstić information content (AvgIpc) is 2.61. The molecule has 2 fully saturated rings. The van der Waals surface area contributed by atoms with Crippen molar-refractivity contribution in [1.29, 1.82) is 0 Å². The Hall–Kier alpha value is -0.0400. The van der Waals surface area contributed by atoms with Gasteiger partial charge in [0, 0.05) is 6.04 Å².